The minimum atomic E-state index is -1.24. The van der Waals surface area contributed by atoms with Gasteiger partial charge in [0, 0.05) is 29.9 Å². The summed E-state index contributed by atoms with van der Waals surface area (Å²) in [4.78, 5) is 4.43. The van der Waals surface area contributed by atoms with Gasteiger partial charge < -0.3 is 23.7 Å². The van der Waals surface area contributed by atoms with Crippen LogP contribution in [0.25, 0.3) is 22.0 Å². The fraction of sp³-hybridized carbons (Fsp3) is 0.259. The van der Waals surface area contributed by atoms with Crippen LogP contribution >= 0.6 is 0 Å². The molecule has 4 heterocycles. The number of pyridine rings is 1. The van der Waals surface area contributed by atoms with Gasteiger partial charge in [-0.05, 0) is 47.0 Å². The number of fused-ring (bicyclic) bond motifs is 3. The van der Waals surface area contributed by atoms with Crippen LogP contribution in [0.3, 0.4) is 0 Å². The molecular weight excluding hydrogens is 451 g/mol. The molecule has 2 saturated heterocycles. The van der Waals surface area contributed by atoms with Crippen LogP contribution in [-0.4, -0.2) is 29.1 Å². The van der Waals surface area contributed by atoms with Crippen LogP contribution in [-0.2, 0) is 21.7 Å². The Morgan fingerprint density at radius 2 is 2.09 bits per heavy atom. The van der Waals surface area contributed by atoms with E-state index < -0.39 is 17.7 Å². The van der Waals surface area contributed by atoms with Crippen molar-refractivity contribution in [3.05, 3.63) is 83.7 Å². The standard InChI is InChI=1S/C27H21FN2O5/c28-19-6-18(27(31)10-22-15-34-26(11-27)35-22)7-21(8-19)33-13-16-1-2-23-24(17-3-4-32-14-17)9-20(12-29)30-25(23)5-16/h1-9,14,22,26,31H,10-11,13,15H2/t22?,26?,27-/m0/s1. The van der Waals surface area contributed by atoms with E-state index in [0.29, 0.717) is 35.6 Å². The van der Waals surface area contributed by atoms with E-state index in [0.717, 1.165) is 22.1 Å². The average Bonchev–Trinajstić information content (AvgIpc) is 3.51. The number of rotatable bonds is 5. The Morgan fingerprint density at radius 1 is 1.17 bits per heavy atom. The van der Waals surface area contributed by atoms with Crippen molar-refractivity contribution >= 4 is 10.9 Å². The zero-order chi connectivity index (χ0) is 24.0. The van der Waals surface area contributed by atoms with Crippen molar-refractivity contribution in [2.45, 2.75) is 37.4 Å². The maximum absolute atomic E-state index is 14.5. The highest BCUT2D eigenvalue weighted by Gasteiger charge is 2.46. The predicted molar refractivity (Wildman–Crippen MR) is 123 cm³/mol. The lowest BCUT2D eigenvalue weighted by atomic mass is 9.84. The number of hydrogen-bond donors (Lipinski definition) is 1. The van der Waals surface area contributed by atoms with Crippen molar-refractivity contribution in [1.29, 1.82) is 5.26 Å². The average molecular weight is 472 g/mol. The number of furan rings is 1. The fourth-order valence-corrected chi connectivity index (χ4v) is 4.85. The molecule has 0 radical (unpaired) electrons. The van der Waals surface area contributed by atoms with Gasteiger partial charge >= 0.3 is 0 Å². The highest BCUT2D eigenvalue weighted by molar-refractivity contribution is 5.95. The lowest BCUT2D eigenvalue weighted by molar-refractivity contribution is -0.159. The van der Waals surface area contributed by atoms with Crippen molar-refractivity contribution in [1.82, 2.24) is 4.98 Å². The minimum absolute atomic E-state index is 0.161. The number of aromatic nitrogens is 1. The molecular formula is C27H21FN2O5. The highest BCUT2D eigenvalue weighted by atomic mass is 19.1. The van der Waals surface area contributed by atoms with E-state index in [4.69, 9.17) is 18.6 Å². The second kappa shape index (κ2) is 8.47. The van der Waals surface area contributed by atoms with Gasteiger partial charge in [0.1, 0.15) is 29.9 Å². The summed E-state index contributed by atoms with van der Waals surface area (Å²) < 4.78 is 36.7. The number of benzene rings is 2. The monoisotopic (exact) mass is 472 g/mol. The number of nitrogens with zero attached hydrogens (tertiary/aromatic N) is 2. The molecule has 2 bridgehead atoms. The third kappa shape index (κ3) is 4.15. The summed E-state index contributed by atoms with van der Waals surface area (Å²) in [6, 6.07) is 15.6. The second-order valence-corrected chi connectivity index (χ2v) is 8.96. The van der Waals surface area contributed by atoms with E-state index in [2.05, 4.69) is 11.1 Å². The van der Waals surface area contributed by atoms with E-state index in [-0.39, 0.29) is 19.1 Å². The second-order valence-electron chi connectivity index (χ2n) is 8.96. The fourth-order valence-electron chi connectivity index (χ4n) is 4.85. The minimum Gasteiger partial charge on any atom is -0.489 e. The van der Waals surface area contributed by atoms with Crippen molar-refractivity contribution in [2.24, 2.45) is 0 Å². The number of halogens is 1. The van der Waals surface area contributed by atoms with E-state index in [9.17, 15) is 14.8 Å². The molecule has 2 aromatic carbocycles. The van der Waals surface area contributed by atoms with Crippen LogP contribution in [0.15, 0.2) is 65.5 Å². The summed E-state index contributed by atoms with van der Waals surface area (Å²) in [6.07, 6.45) is 3.09. The van der Waals surface area contributed by atoms with Crippen LogP contribution in [0, 0.1) is 17.1 Å². The summed E-state index contributed by atoms with van der Waals surface area (Å²) in [5.74, 6) is -0.180. The Hall–Kier alpha value is -3.77. The Balaban J connectivity index is 1.26. The van der Waals surface area contributed by atoms with Crippen molar-refractivity contribution in [2.75, 3.05) is 6.61 Å². The quantitative estimate of drug-likeness (QED) is 0.445. The van der Waals surface area contributed by atoms with Gasteiger partial charge in [-0.2, -0.15) is 5.26 Å². The molecule has 2 aliphatic heterocycles. The molecule has 0 aliphatic carbocycles. The van der Waals surface area contributed by atoms with Crippen molar-refractivity contribution < 1.29 is 28.1 Å². The molecule has 2 unspecified atom stereocenters. The van der Waals surface area contributed by atoms with Crippen molar-refractivity contribution in [3.8, 4) is 22.9 Å². The SMILES string of the molecule is N#Cc1cc(-c2ccoc2)c2ccc(COc3cc(F)cc([C@]4(O)CC5COC(C4)O5)c3)cc2n1. The third-order valence-corrected chi connectivity index (χ3v) is 6.52. The van der Waals surface area contributed by atoms with Crippen LogP contribution in [0.2, 0.25) is 0 Å². The lowest BCUT2D eigenvalue weighted by Gasteiger charge is -2.35. The molecule has 6 rings (SSSR count). The van der Waals surface area contributed by atoms with Crippen molar-refractivity contribution in [3.63, 3.8) is 0 Å². The summed E-state index contributed by atoms with van der Waals surface area (Å²) in [7, 11) is 0. The van der Waals surface area contributed by atoms with Crippen LogP contribution in [0.1, 0.15) is 29.7 Å². The Morgan fingerprint density at radius 3 is 2.89 bits per heavy atom. The first kappa shape index (κ1) is 21.7. The number of aliphatic hydroxyl groups is 1. The Labute approximate surface area is 200 Å². The molecule has 35 heavy (non-hydrogen) atoms. The van der Waals surface area contributed by atoms with E-state index >= 15 is 0 Å². The van der Waals surface area contributed by atoms with E-state index in [1.54, 1.807) is 24.7 Å². The van der Waals surface area contributed by atoms with Crippen LogP contribution in [0.4, 0.5) is 4.39 Å². The van der Waals surface area contributed by atoms with Gasteiger partial charge in [0.25, 0.3) is 0 Å². The highest BCUT2D eigenvalue weighted by Crippen LogP contribution is 2.42. The molecule has 0 saturated carbocycles. The van der Waals surface area contributed by atoms with Gasteiger partial charge in [-0.1, -0.05) is 12.1 Å². The summed E-state index contributed by atoms with van der Waals surface area (Å²) in [6.45, 7) is 0.589. The maximum atomic E-state index is 14.5. The topological polar surface area (TPSA) is 97.7 Å². The molecule has 3 atom stereocenters. The molecule has 2 aliphatic rings. The first-order chi connectivity index (χ1) is 17.0. The summed E-state index contributed by atoms with van der Waals surface area (Å²) >= 11 is 0. The first-order valence-corrected chi connectivity index (χ1v) is 11.3. The van der Waals surface area contributed by atoms with Gasteiger partial charge in [0.15, 0.2) is 6.29 Å². The number of nitriles is 1. The molecule has 176 valence electrons. The predicted octanol–water partition coefficient (Wildman–Crippen LogP) is 4.81. The van der Waals surface area contributed by atoms with Gasteiger partial charge in [0.05, 0.1) is 36.4 Å². The van der Waals surface area contributed by atoms with Gasteiger partial charge in [-0.3, -0.25) is 0 Å². The summed E-state index contributed by atoms with van der Waals surface area (Å²) in [5.41, 5.74) is 2.66. The largest absolute Gasteiger partial charge is 0.489 e. The van der Waals surface area contributed by atoms with Gasteiger partial charge in [-0.15, -0.1) is 0 Å². The number of hydrogen-bond acceptors (Lipinski definition) is 7. The summed E-state index contributed by atoms with van der Waals surface area (Å²) in [5, 5.41) is 21.5. The zero-order valence-corrected chi connectivity index (χ0v) is 18.6. The molecule has 0 spiro atoms. The van der Waals surface area contributed by atoms with Crippen LogP contribution in [0.5, 0.6) is 5.75 Å². The maximum Gasteiger partial charge on any atom is 0.161 e. The first-order valence-electron chi connectivity index (χ1n) is 11.3. The Kier molecular flexibility index (Phi) is 5.26. The zero-order valence-electron chi connectivity index (χ0n) is 18.6. The third-order valence-electron chi connectivity index (χ3n) is 6.52. The lowest BCUT2D eigenvalue weighted by Crippen LogP contribution is -2.39. The molecule has 1 N–H and O–H groups in total. The molecule has 4 aromatic rings. The molecule has 8 heteroatoms. The smallest absolute Gasteiger partial charge is 0.161 e. The Bertz CT molecular complexity index is 1430. The normalized spacial score (nSPS) is 23.3. The molecule has 2 aromatic heterocycles. The van der Waals surface area contributed by atoms with Gasteiger partial charge in [-0.25, -0.2) is 9.37 Å². The van der Waals surface area contributed by atoms with E-state index in [1.807, 2.05) is 24.3 Å². The molecule has 7 nitrogen and oxygen atoms in total. The van der Waals surface area contributed by atoms with Gasteiger partial charge in [0.2, 0.25) is 0 Å². The van der Waals surface area contributed by atoms with Crippen LogP contribution < -0.4 is 4.74 Å². The molecule has 0 amide bonds. The molecule has 2 fully saturated rings. The number of ether oxygens (including phenoxy) is 3. The van der Waals surface area contributed by atoms with E-state index in [1.165, 1.54) is 12.1 Å².